The van der Waals surface area contributed by atoms with E-state index in [1.807, 2.05) is 24.3 Å². The molecule has 1 aliphatic rings. The Balaban J connectivity index is 1.69. The van der Waals surface area contributed by atoms with E-state index in [0.717, 1.165) is 37.3 Å². The Hall–Kier alpha value is -1.43. The van der Waals surface area contributed by atoms with Gasteiger partial charge < -0.3 is 20.5 Å². The first kappa shape index (κ1) is 15.0. The van der Waals surface area contributed by atoms with Gasteiger partial charge in [-0.2, -0.15) is 0 Å². The number of benzene rings is 1. The van der Waals surface area contributed by atoms with Crippen molar-refractivity contribution in [2.75, 3.05) is 25.1 Å². The fourth-order valence-electron chi connectivity index (χ4n) is 2.16. The highest BCUT2D eigenvalue weighted by Crippen LogP contribution is 2.12. The van der Waals surface area contributed by atoms with E-state index in [4.69, 9.17) is 15.2 Å². The summed E-state index contributed by atoms with van der Waals surface area (Å²) in [6.07, 6.45) is 2.43. The molecule has 0 aromatic heterocycles. The second-order valence-corrected chi connectivity index (χ2v) is 4.89. The number of ether oxygens (including phenoxy) is 2. The minimum atomic E-state index is -0.0359. The Labute approximate surface area is 119 Å². The predicted octanol–water partition coefficient (Wildman–Crippen LogP) is 1.67. The smallest absolute Gasteiger partial charge is 0.226 e. The number of nitrogens with two attached hydrogens (primary N) is 1. The third-order valence-corrected chi connectivity index (χ3v) is 3.30. The lowest BCUT2D eigenvalue weighted by molar-refractivity contribution is -0.118. The zero-order valence-electron chi connectivity index (χ0n) is 11.6. The van der Waals surface area contributed by atoms with Gasteiger partial charge in [-0.1, -0.05) is 12.1 Å². The minimum absolute atomic E-state index is 0.0359. The zero-order valence-corrected chi connectivity index (χ0v) is 11.6. The van der Waals surface area contributed by atoms with Crippen molar-refractivity contribution in [1.29, 1.82) is 0 Å². The Bertz CT molecular complexity index is 431. The monoisotopic (exact) mass is 278 g/mol. The molecule has 0 aliphatic carbocycles. The van der Waals surface area contributed by atoms with Crippen LogP contribution in [0.5, 0.6) is 0 Å². The standard InChI is InChI=1S/C15H22N2O3/c16-11-12-2-1-3-13(10-12)17-15(18)6-9-20-14-4-7-19-8-5-14/h1-3,10,14H,4-9,11,16H2,(H,17,18). The molecule has 3 N–H and O–H groups in total. The van der Waals surface area contributed by atoms with Crippen LogP contribution in [0.25, 0.3) is 0 Å². The number of anilines is 1. The first-order valence-electron chi connectivity index (χ1n) is 7.06. The molecule has 1 fully saturated rings. The maximum Gasteiger partial charge on any atom is 0.226 e. The summed E-state index contributed by atoms with van der Waals surface area (Å²) >= 11 is 0. The molecule has 1 saturated heterocycles. The van der Waals surface area contributed by atoms with E-state index in [2.05, 4.69) is 5.32 Å². The van der Waals surface area contributed by atoms with Crippen LogP contribution < -0.4 is 11.1 Å². The molecule has 1 aromatic carbocycles. The van der Waals surface area contributed by atoms with E-state index in [1.165, 1.54) is 0 Å². The first-order chi connectivity index (χ1) is 9.78. The second-order valence-electron chi connectivity index (χ2n) is 4.89. The van der Waals surface area contributed by atoms with Crippen molar-refractivity contribution in [3.05, 3.63) is 29.8 Å². The van der Waals surface area contributed by atoms with Crippen molar-refractivity contribution >= 4 is 11.6 Å². The summed E-state index contributed by atoms with van der Waals surface area (Å²) in [5, 5.41) is 2.86. The van der Waals surface area contributed by atoms with Crippen molar-refractivity contribution in [3.63, 3.8) is 0 Å². The summed E-state index contributed by atoms with van der Waals surface area (Å²) in [5.74, 6) is -0.0359. The fourth-order valence-corrected chi connectivity index (χ4v) is 2.16. The van der Waals surface area contributed by atoms with Crippen LogP contribution in [0.15, 0.2) is 24.3 Å². The Morgan fingerprint density at radius 3 is 2.95 bits per heavy atom. The van der Waals surface area contributed by atoms with Gasteiger partial charge in [0.15, 0.2) is 0 Å². The van der Waals surface area contributed by atoms with Crippen LogP contribution >= 0.6 is 0 Å². The second kappa shape index (κ2) is 7.99. The van der Waals surface area contributed by atoms with Gasteiger partial charge in [0.1, 0.15) is 0 Å². The topological polar surface area (TPSA) is 73.6 Å². The molecule has 2 rings (SSSR count). The molecular formula is C15H22N2O3. The molecule has 0 spiro atoms. The van der Waals surface area contributed by atoms with Gasteiger partial charge in [0.05, 0.1) is 19.1 Å². The number of rotatable bonds is 6. The van der Waals surface area contributed by atoms with Crippen LogP contribution in [0.2, 0.25) is 0 Å². The molecule has 0 radical (unpaired) electrons. The summed E-state index contributed by atoms with van der Waals surface area (Å²) < 4.78 is 10.9. The summed E-state index contributed by atoms with van der Waals surface area (Å²) in [6.45, 7) is 2.43. The molecule has 5 nitrogen and oxygen atoms in total. The normalized spacial score (nSPS) is 16.1. The van der Waals surface area contributed by atoms with Gasteiger partial charge in [0, 0.05) is 25.4 Å². The molecule has 1 heterocycles. The van der Waals surface area contributed by atoms with Crippen molar-refractivity contribution in [3.8, 4) is 0 Å². The van der Waals surface area contributed by atoms with E-state index in [-0.39, 0.29) is 12.0 Å². The Morgan fingerprint density at radius 2 is 2.20 bits per heavy atom. The highest BCUT2D eigenvalue weighted by Gasteiger charge is 2.14. The van der Waals surface area contributed by atoms with Crippen LogP contribution in [0.3, 0.4) is 0 Å². The molecule has 1 aromatic rings. The Morgan fingerprint density at radius 1 is 1.40 bits per heavy atom. The lowest BCUT2D eigenvalue weighted by Crippen LogP contribution is -2.25. The van der Waals surface area contributed by atoms with Gasteiger partial charge in [0.2, 0.25) is 5.91 Å². The predicted molar refractivity (Wildman–Crippen MR) is 77.4 cm³/mol. The number of nitrogens with one attached hydrogen (secondary N) is 1. The van der Waals surface area contributed by atoms with Crippen molar-refractivity contribution in [1.82, 2.24) is 0 Å². The van der Waals surface area contributed by atoms with Crippen LogP contribution in [-0.4, -0.2) is 31.8 Å². The average molecular weight is 278 g/mol. The van der Waals surface area contributed by atoms with Gasteiger partial charge in [-0.25, -0.2) is 0 Å². The number of hydrogen-bond acceptors (Lipinski definition) is 4. The summed E-state index contributed by atoms with van der Waals surface area (Å²) in [4.78, 5) is 11.8. The van der Waals surface area contributed by atoms with Crippen LogP contribution in [0.4, 0.5) is 5.69 Å². The quantitative estimate of drug-likeness (QED) is 0.830. The van der Waals surface area contributed by atoms with Crippen molar-refractivity contribution in [2.45, 2.75) is 31.9 Å². The van der Waals surface area contributed by atoms with Crippen LogP contribution in [-0.2, 0) is 20.8 Å². The molecule has 0 unspecified atom stereocenters. The van der Waals surface area contributed by atoms with Crippen LogP contribution in [0, 0.1) is 0 Å². The number of carbonyl (C=O) groups is 1. The minimum Gasteiger partial charge on any atom is -0.381 e. The molecule has 110 valence electrons. The lowest BCUT2D eigenvalue weighted by atomic mass is 10.1. The fraction of sp³-hybridized carbons (Fsp3) is 0.533. The largest absolute Gasteiger partial charge is 0.381 e. The van der Waals surface area contributed by atoms with E-state index in [1.54, 1.807) is 0 Å². The summed E-state index contributed by atoms with van der Waals surface area (Å²) in [5.41, 5.74) is 7.35. The number of hydrogen-bond donors (Lipinski definition) is 2. The van der Waals surface area contributed by atoms with Gasteiger partial charge in [-0.15, -0.1) is 0 Å². The Kier molecular flexibility index (Phi) is 5.98. The van der Waals surface area contributed by atoms with Gasteiger partial charge in [-0.3, -0.25) is 4.79 Å². The first-order valence-corrected chi connectivity index (χ1v) is 7.06. The van der Waals surface area contributed by atoms with Gasteiger partial charge >= 0.3 is 0 Å². The molecule has 1 aliphatic heterocycles. The SMILES string of the molecule is NCc1cccc(NC(=O)CCOC2CCOCC2)c1. The maximum absolute atomic E-state index is 11.8. The molecular weight excluding hydrogens is 256 g/mol. The number of amides is 1. The average Bonchev–Trinajstić information content (AvgIpc) is 2.48. The van der Waals surface area contributed by atoms with E-state index in [0.29, 0.717) is 19.6 Å². The van der Waals surface area contributed by atoms with E-state index in [9.17, 15) is 4.79 Å². The lowest BCUT2D eigenvalue weighted by Gasteiger charge is -2.22. The summed E-state index contributed by atoms with van der Waals surface area (Å²) in [7, 11) is 0. The highest BCUT2D eigenvalue weighted by atomic mass is 16.5. The molecule has 0 saturated carbocycles. The van der Waals surface area contributed by atoms with Crippen molar-refractivity contribution in [2.24, 2.45) is 5.73 Å². The van der Waals surface area contributed by atoms with Crippen LogP contribution in [0.1, 0.15) is 24.8 Å². The highest BCUT2D eigenvalue weighted by molar-refractivity contribution is 5.90. The molecule has 20 heavy (non-hydrogen) atoms. The molecule has 0 atom stereocenters. The third-order valence-electron chi connectivity index (χ3n) is 3.30. The van der Waals surface area contributed by atoms with Gasteiger partial charge in [0.25, 0.3) is 0 Å². The van der Waals surface area contributed by atoms with Crippen molar-refractivity contribution < 1.29 is 14.3 Å². The van der Waals surface area contributed by atoms with E-state index < -0.39 is 0 Å². The van der Waals surface area contributed by atoms with Gasteiger partial charge in [-0.05, 0) is 30.5 Å². The molecule has 5 heteroatoms. The number of carbonyl (C=O) groups excluding carboxylic acids is 1. The third kappa shape index (κ3) is 4.92. The van der Waals surface area contributed by atoms with E-state index >= 15 is 0 Å². The molecule has 1 amide bonds. The zero-order chi connectivity index (χ0) is 14.2. The summed E-state index contributed by atoms with van der Waals surface area (Å²) in [6, 6.07) is 7.56. The maximum atomic E-state index is 11.8. The molecule has 0 bridgehead atoms.